The lowest BCUT2D eigenvalue weighted by Gasteiger charge is -2.20. The summed E-state index contributed by atoms with van der Waals surface area (Å²) in [6.07, 6.45) is 1.03. The van der Waals surface area contributed by atoms with Crippen LogP contribution >= 0.6 is 0 Å². The highest BCUT2D eigenvalue weighted by Crippen LogP contribution is 2.45. The molecule has 1 aliphatic rings. The molecule has 3 rings (SSSR count). The number of hydrogen-bond donors (Lipinski definition) is 2. The summed E-state index contributed by atoms with van der Waals surface area (Å²) in [6.45, 7) is 1.47. The van der Waals surface area contributed by atoms with Gasteiger partial charge in [0.15, 0.2) is 11.5 Å². The Hall–Kier alpha value is -3.22. The van der Waals surface area contributed by atoms with Crippen LogP contribution in [-0.2, 0) is 17.6 Å². The van der Waals surface area contributed by atoms with Gasteiger partial charge in [-0.2, -0.15) is 0 Å². The first kappa shape index (κ1) is 20.5. The molecule has 0 saturated heterocycles. The minimum Gasteiger partial charge on any atom is -0.493 e. The van der Waals surface area contributed by atoms with Crippen molar-refractivity contribution in [2.75, 3.05) is 33.7 Å². The highest BCUT2D eigenvalue weighted by atomic mass is 16.5. The fourth-order valence-electron chi connectivity index (χ4n) is 3.90. The molecule has 1 aliphatic carbocycles. The highest BCUT2D eigenvalue weighted by molar-refractivity contribution is 5.74. The van der Waals surface area contributed by atoms with Gasteiger partial charge in [-0.25, -0.2) is 0 Å². The molecule has 0 bridgehead atoms. The molecule has 0 aromatic heterocycles. The number of nitrogens with one attached hydrogen (secondary N) is 2. The van der Waals surface area contributed by atoms with Gasteiger partial charge in [-0.1, -0.05) is 6.07 Å². The van der Waals surface area contributed by atoms with Crippen molar-refractivity contribution in [3.8, 4) is 17.2 Å². The normalized spacial score (nSPS) is 14.7. The van der Waals surface area contributed by atoms with E-state index in [1.807, 2.05) is 12.1 Å². The van der Waals surface area contributed by atoms with Crippen LogP contribution < -0.4 is 30.3 Å². The third-order valence-electron chi connectivity index (χ3n) is 5.21. The monoisotopic (exact) mass is 398 g/mol. The molecular formula is C22H26N2O5. The van der Waals surface area contributed by atoms with Crippen LogP contribution in [0.25, 0.3) is 0 Å². The maximum Gasteiger partial charge on any atom is 0.217 e. The average Bonchev–Trinajstić information content (AvgIpc) is 2.93. The zero-order valence-corrected chi connectivity index (χ0v) is 17.3. The topological polar surface area (TPSA) is 85.9 Å². The Morgan fingerprint density at radius 3 is 2.34 bits per heavy atom. The van der Waals surface area contributed by atoms with E-state index in [4.69, 9.17) is 14.2 Å². The maximum atomic E-state index is 12.6. The molecule has 2 aromatic rings. The van der Waals surface area contributed by atoms with Crippen LogP contribution in [0, 0.1) is 0 Å². The first-order valence-corrected chi connectivity index (χ1v) is 9.36. The predicted molar refractivity (Wildman–Crippen MR) is 111 cm³/mol. The molecule has 154 valence electrons. The Kier molecular flexibility index (Phi) is 5.96. The number of carbonyl (C=O) groups excluding carboxylic acids is 1. The molecule has 7 nitrogen and oxygen atoms in total. The van der Waals surface area contributed by atoms with Gasteiger partial charge in [0.1, 0.15) is 0 Å². The summed E-state index contributed by atoms with van der Waals surface area (Å²) in [5.41, 5.74) is 4.02. The largest absolute Gasteiger partial charge is 0.493 e. The summed E-state index contributed by atoms with van der Waals surface area (Å²) in [5, 5.41) is 5.91. The van der Waals surface area contributed by atoms with Crippen molar-refractivity contribution < 1.29 is 19.0 Å². The molecule has 29 heavy (non-hydrogen) atoms. The number of carbonyl (C=O) groups is 1. The summed E-state index contributed by atoms with van der Waals surface area (Å²) in [5.74, 6) is 1.51. The third-order valence-corrected chi connectivity index (χ3v) is 5.21. The molecular weight excluding hydrogens is 372 g/mol. The van der Waals surface area contributed by atoms with Crippen LogP contribution in [0.4, 0.5) is 5.69 Å². The summed E-state index contributed by atoms with van der Waals surface area (Å²) >= 11 is 0. The molecule has 7 heteroatoms. The van der Waals surface area contributed by atoms with E-state index >= 15 is 0 Å². The number of methoxy groups -OCH3 is 3. The van der Waals surface area contributed by atoms with Crippen LogP contribution in [0.1, 0.15) is 35.2 Å². The average molecular weight is 398 g/mol. The summed E-state index contributed by atoms with van der Waals surface area (Å²) in [6, 6.07) is 6.85. The van der Waals surface area contributed by atoms with Crippen molar-refractivity contribution >= 4 is 11.6 Å². The van der Waals surface area contributed by atoms with E-state index < -0.39 is 0 Å². The van der Waals surface area contributed by atoms with Gasteiger partial charge in [-0.05, 0) is 41.3 Å². The van der Waals surface area contributed by atoms with Gasteiger partial charge in [0, 0.05) is 26.0 Å². The Labute approximate surface area is 170 Å². The van der Waals surface area contributed by atoms with Crippen LogP contribution in [0.15, 0.2) is 29.1 Å². The quantitative estimate of drug-likeness (QED) is 0.805. The number of hydrogen-bond acceptors (Lipinski definition) is 6. The van der Waals surface area contributed by atoms with E-state index in [9.17, 15) is 9.59 Å². The molecule has 0 saturated carbocycles. The van der Waals surface area contributed by atoms with Gasteiger partial charge >= 0.3 is 0 Å². The van der Waals surface area contributed by atoms with E-state index in [2.05, 4.69) is 10.6 Å². The number of benzene rings is 1. The van der Waals surface area contributed by atoms with Gasteiger partial charge < -0.3 is 24.8 Å². The Morgan fingerprint density at radius 1 is 1.03 bits per heavy atom. The molecule has 2 N–H and O–H groups in total. The van der Waals surface area contributed by atoms with Gasteiger partial charge in [-0.3, -0.25) is 9.59 Å². The SMILES string of the molecule is CNc1ccc2c(cc1=O)C(NC(C)=O)Cc1cc(OC)c(OC)c(OC)c1C2. The summed E-state index contributed by atoms with van der Waals surface area (Å²) in [4.78, 5) is 24.5. The van der Waals surface area contributed by atoms with Crippen molar-refractivity contribution in [1.82, 2.24) is 5.32 Å². The molecule has 1 unspecified atom stereocenters. The first-order chi connectivity index (χ1) is 13.9. The maximum absolute atomic E-state index is 12.6. The Balaban J connectivity index is 2.30. The second-order valence-electron chi connectivity index (χ2n) is 6.90. The van der Waals surface area contributed by atoms with E-state index in [1.54, 1.807) is 40.5 Å². The van der Waals surface area contributed by atoms with E-state index in [1.165, 1.54) is 6.92 Å². The molecule has 0 fully saturated rings. The smallest absolute Gasteiger partial charge is 0.217 e. The molecule has 1 atom stereocenters. The van der Waals surface area contributed by atoms with Gasteiger partial charge in [0.2, 0.25) is 17.1 Å². The van der Waals surface area contributed by atoms with Crippen LogP contribution in [0.2, 0.25) is 0 Å². The number of anilines is 1. The minimum absolute atomic E-state index is 0.128. The van der Waals surface area contributed by atoms with E-state index in [0.29, 0.717) is 35.8 Å². The van der Waals surface area contributed by atoms with Crippen molar-refractivity contribution in [2.24, 2.45) is 0 Å². The van der Waals surface area contributed by atoms with Gasteiger partial charge in [-0.15, -0.1) is 0 Å². The van der Waals surface area contributed by atoms with Crippen LogP contribution in [-0.4, -0.2) is 34.3 Å². The second kappa shape index (κ2) is 8.43. The molecule has 0 spiro atoms. The van der Waals surface area contributed by atoms with Crippen LogP contribution in [0.5, 0.6) is 17.2 Å². The summed E-state index contributed by atoms with van der Waals surface area (Å²) < 4.78 is 16.7. The van der Waals surface area contributed by atoms with Crippen molar-refractivity contribution in [1.29, 1.82) is 0 Å². The molecule has 0 heterocycles. The minimum atomic E-state index is -0.351. The zero-order valence-electron chi connectivity index (χ0n) is 17.3. The molecule has 0 radical (unpaired) electrons. The Morgan fingerprint density at radius 2 is 1.76 bits per heavy atom. The lowest BCUT2D eigenvalue weighted by molar-refractivity contribution is -0.119. The fraction of sp³-hybridized carbons (Fsp3) is 0.364. The van der Waals surface area contributed by atoms with Crippen LogP contribution in [0.3, 0.4) is 0 Å². The predicted octanol–water partition coefficient (Wildman–Crippen LogP) is 2.44. The lowest BCUT2D eigenvalue weighted by atomic mass is 9.98. The second-order valence-corrected chi connectivity index (χ2v) is 6.90. The number of rotatable bonds is 5. The lowest BCUT2D eigenvalue weighted by Crippen LogP contribution is -2.28. The zero-order chi connectivity index (χ0) is 21.1. The van der Waals surface area contributed by atoms with E-state index in [-0.39, 0.29) is 17.4 Å². The number of ether oxygens (including phenoxy) is 3. The van der Waals surface area contributed by atoms with Crippen molar-refractivity contribution in [3.63, 3.8) is 0 Å². The van der Waals surface area contributed by atoms with E-state index in [0.717, 1.165) is 22.3 Å². The standard InChI is InChI=1S/C22H26N2O5/c1-12(25)24-18-9-14-10-20(27-3)22(29-5)21(28-4)16(14)8-13-6-7-17(23-2)19(26)11-15(13)18/h6-7,10-11,18H,8-9H2,1-5H3,(H,23,26)(H,24,25). The summed E-state index contributed by atoms with van der Waals surface area (Å²) in [7, 11) is 6.45. The molecule has 0 aliphatic heterocycles. The Bertz CT molecular complexity index is 1000. The van der Waals surface area contributed by atoms with Gasteiger partial charge in [0.05, 0.1) is 33.1 Å². The molecule has 1 amide bonds. The highest BCUT2D eigenvalue weighted by Gasteiger charge is 2.28. The number of fused-ring (bicyclic) bond motifs is 2. The fourth-order valence-corrected chi connectivity index (χ4v) is 3.90. The number of amides is 1. The van der Waals surface area contributed by atoms with Crippen molar-refractivity contribution in [2.45, 2.75) is 25.8 Å². The van der Waals surface area contributed by atoms with Crippen molar-refractivity contribution in [3.05, 3.63) is 56.7 Å². The third kappa shape index (κ3) is 3.85. The first-order valence-electron chi connectivity index (χ1n) is 9.36. The van der Waals surface area contributed by atoms with Gasteiger partial charge in [0.25, 0.3) is 0 Å². The molecule has 2 aromatic carbocycles.